The normalized spacial score (nSPS) is 13.4. The monoisotopic (exact) mass is 608 g/mol. The fraction of sp³-hybridized carbons (Fsp3) is 0.0455. The van der Waals surface area contributed by atoms with Crippen molar-refractivity contribution in [3.8, 4) is 11.1 Å². The fourth-order valence-corrected chi connectivity index (χ4v) is 9.80. The van der Waals surface area contributed by atoms with E-state index in [1.807, 2.05) is 66.7 Å². The lowest BCUT2D eigenvalue weighted by Crippen LogP contribution is -2.25. The Labute approximate surface area is 270 Å². The summed E-state index contributed by atoms with van der Waals surface area (Å²) < 4.78 is 15.0. The van der Waals surface area contributed by atoms with Gasteiger partial charge in [-0.15, -0.1) is 0 Å². The lowest BCUT2D eigenvalue weighted by atomic mass is 9.82. The molecule has 1 aliphatic rings. The molecular weight excluding hydrogens is 575 g/mol. The molecule has 220 valence electrons. The summed E-state index contributed by atoms with van der Waals surface area (Å²) in [5, 5.41) is 7.72. The van der Waals surface area contributed by atoms with Crippen molar-refractivity contribution in [3.05, 3.63) is 187 Å². The number of allylic oxidation sites excluding steroid dienone is 4. The number of hydrogen-bond donors (Lipinski definition) is 0. The molecule has 2 heteroatoms. The zero-order valence-electron chi connectivity index (χ0n) is 25.5. The Balaban J connectivity index is 1.25. The summed E-state index contributed by atoms with van der Waals surface area (Å²) in [6.45, 7) is 0. The largest absolute Gasteiger partial charge is 0.309 e. The minimum atomic E-state index is -3.04. The van der Waals surface area contributed by atoms with E-state index >= 15 is 4.57 Å². The SMILES string of the molecule is O=P(c1ccccc1)(c1ccccc1)c1cccc(C2=CC=C(c3c4ccccc4c(-c4ccccc4)c4ccccc34)CC2)c1. The van der Waals surface area contributed by atoms with Crippen molar-refractivity contribution in [2.24, 2.45) is 0 Å². The number of rotatable bonds is 6. The smallest absolute Gasteiger partial charge is 0.171 e. The summed E-state index contributed by atoms with van der Waals surface area (Å²) in [5.41, 5.74) is 7.62. The summed E-state index contributed by atoms with van der Waals surface area (Å²) in [6.07, 6.45) is 6.45. The van der Waals surface area contributed by atoms with Gasteiger partial charge in [-0.25, -0.2) is 0 Å². The molecule has 7 aromatic carbocycles. The highest BCUT2D eigenvalue weighted by atomic mass is 31.2. The standard InChI is InChI=1S/C44H33OP/c45-46(36-18-6-2-7-19-36,37-20-8-3-9-21-37)38-22-14-17-35(31-38)32-27-29-34(30-28-32)44-41-25-12-10-23-39(41)43(33-15-4-1-5-16-33)40-24-11-13-26-42(40)44/h1-27,29,31H,28,30H2. The lowest BCUT2D eigenvalue weighted by Gasteiger charge is -2.23. The molecule has 0 saturated carbocycles. The van der Waals surface area contributed by atoms with Gasteiger partial charge in [0.1, 0.15) is 0 Å². The van der Waals surface area contributed by atoms with Crippen LogP contribution in [0, 0.1) is 0 Å². The molecule has 0 unspecified atom stereocenters. The fourth-order valence-electron chi connectivity index (χ4n) is 7.10. The first-order valence-electron chi connectivity index (χ1n) is 15.9. The minimum Gasteiger partial charge on any atom is -0.309 e. The van der Waals surface area contributed by atoms with Crippen molar-refractivity contribution < 1.29 is 4.57 Å². The van der Waals surface area contributed by atoms with Crippen LogP contribution in [0.2, 0.25) is 0 Å². The zero-order valence-corrected chi connectivity index (χ0v) is 26.4. The highest BCUT2D eigenvalue weighted by Crippen LogP contribution is 2.45. The van der Waals surface area contributed by atoms with Crippen molar-refractivity contribution in [2.45, 2.75) is 12.8 Å². The molecule has 7 aromatic rings. The maximum atomic E-state index is 15.0. The molecule has 0 aliphatic heterocycles. The zero-order chi connectivity index (χ0) is 30.9. The van der Waals surface area contributed by atoms with Crippen molar-refractivity contribution in [1.29, 1.82) is 0 Å². The molecule has 0 saturated heterocycles. The summed E-state index contributed by atoms with van der Waals surface area (Å²) >= 11 is 0. The Hall–Kier alpha value is -5.23. The molecule has 1 aliphatic carbocycles. The van der Waals surface area contributed by atoms with Crippen LogP contribution in [0.5, 0.6) is 0 Å². The molecule has 0 N–H and O–H groups in total. The first-order chi connectivity index (χ1) is 22.7. The van der Waals surface area contributed by atoms with E-state index in [1.54, 1.807) is 0 Å². The quantitative estimate of drug-likeness (QED) is 0.136. The molecule has 0 heterocycles. The second kappa shape index (κ2) is 11.9. The topological polar surface area (TPSA) is 17.1 Å². The van der Waals surface area contributed by atoms with E-state index in [0.29, 0.717) is 0 Å². The van der Waals surface area contributed by atoms with E-state index in [9.17, 15) is 0 Å². The molecule has 0 radical (unpaired) electrons. The summed E-state index contributed by atoms with van der Waals surface area (Å²) in [6, 6.07) is 56.7. The third-order valence-electron chi connectivity index (χ3n) is 9.28. The van der Waals surface area contributed by atoms with Gasteiger partial charge in [-0.1, -0.05) is 170 Å². The van der Waals surface area contributed by atoms with Crippen LogP contribution in [0.25, 0.3) is 43.8 Å². The van der Waals surface area contributed by atoms with Gasteiger partial charge in [-0.3, -0.25) is 0 Å². The van der Waals surface area contributed by atoms with Crippen LogP contribution < -0.4 is 15.9 Å². The molecular formula is C44H33OP. The van der Waals surface area contributed by atoms with Gasteiger partial charge in [0.05, 0.1) is 0 Å². The second-order valence-electron chi connectivity index (χ2n) is 11.9. The summed E-state index contributed by atoms with van der Waals surface area (Å²) in [7, 11) is -3.04. The molecule has 8 rings (SSSR count). The van der Waals surface area contributed by atoms with E-state index in [4.69, 9.17) is 0 Å². The predicted octanol–water partition coefficient (Wildman–Crippen LogP) is 10.6. The van der Waals surface area contributed by atoms with Gasteiger partial charge in [0.15, 0.2) is 7.14 Å². The minimum absolute atomic E-state index is 0.857. The highest BCUT2D eigenvalue weighted by Gasteiger charge is 2.30. The molecule has 0 bridgehead atoms. The van der Waals surface area contributed by atoms with Crippen LogP contribution in [-0.2, 0) is 4.57 Å². The lowest BCUT2D eigenvalue weighted by molar-refractivity contribution is 0.592. The third-order valence-corrected chi connectivity index (χ3v) is 12.3. The second-order valence-corrected chi connectivity index (χ2v) is 14.7. The Kier molecular flexibility index (Phi) is 7.33. The van der Waals surface area contributed by atoms with Crippen LogP contribution in [0.15, 0.2) is 176 Å². The summed E-state index contributed by atoms with van der Waals surface area (Å²) in [5.74, 6) is 0. The third kappa shape index (κ3) is 4.85. The Morgan fingerprint density at radius 2 is 0.783 bits per heavy atom. The van der Waals surface area contributed by atoms with Gasteiger partial charge in [0.25, 0.3) is 0 Å². The van der Waals surface area contributed by atoms with Gasteiger partial charge < -0.3 is 4.57 Å². The van der Waals surface area contributed by atoms with Gasteiger partial charge >= 0.3 is 0 Å². The molecule has 0 amide bonds. The average Bonchev–Trinajstić information content (AvgIpc) is 3.14. The number of hydrogen-bond acceptors (Lipinski definition) is 1. The van der Waals surface area contributed by atoms with Crippen molar-refractivity contribution in [2.75, 3.05) is 0 Å². The van der Waals surface area contributed by atoms with E-state index < -0.39 is 7.14 Å². The first kappa shape index (κ1) is 28.3. The average molecular weight is 609 g/mol. The van der Waals surface area contributed by atoms with Crippen LogP contribution in [0.3, 0.4) is 0 Å². The maximum Gasteiger partial charge on any atom is 0.171 e. The van der Waals surface area contributed by atoms with E-state index in [0.717, 1.165) is 34.3 Å². The van der Waals surface area contributed by atoms with Crippen LogP contribution in [0.4, 0.5) is 0 Å². The van der Waals surface area contributed by atoms with Crippen LogP contribution in [-0.4, -0.2) is 0 Å². The van der Waals surface area contributed by atoms with Gasteiger partial charge in [-0.2, -0.15) is 0 Å². The Bertz CT molecular complexity index is 2220. The number of fused-ring (bicyclic) bond motifs is 2. The predicted molar refractivity (Wildman–Crippen MR) is 198 cm³/mol. The first-order valence-corrected chi connectivity index (χ1v) is 17.6. The molecule has 0 fully saturated rings. The summed E-state index contributed by atoms with van der Waals surface area (Å²) in [4.78, 5) is 0. The molecule has 0 atom stereocenters. The van der Waals surface area contributed by atoms with Crippen molar-refractivity contribution in [3.63, 3.8) is 0 Å². The molecule has 0 aromatic heterocycles. The van der Waals surface area contributed by atoms with Crippen molar-refractivity contribution in [1.82, 2.24) is 0 Å². The van der Waals surface area contributed by atoms with Crippen LogP contribution in [0.1, 0.15) is 24.0 Å². The highest BCUT2D eigenvalue weighted by molar-refractivity contribution is 7.85. The Morgan fingerprint density at radius 3 is 1.30 bits per heavy atom. The Morgan fingerprint density at radius 1 is 0.370 bits per heavy atom. The molecule has 0 spiro atoms. The van der Waals surface area contributed by atoms with Gasteiger partial charge in [0.2, 0.25) is 0 Å². The molecule has 46 heavy (non-hydrogen) atoms. The van der Waals surface area contributed by atoms with Gasteiger partial charge in [-0.05, 0) is 73.9 Å². The van der Waals surface area contributed by atoms with E-state index in [1.165, 1.54) is 49.4 Å². The maximum absolute atomic E-state index is 15.0. The number of benzene rings is 7. The van der Waals surface area contributed by atoms with Gasteiger partial charge in [0, 0.05) is 15.9 Å². The van der Waals surface area contributed by atoms with Crippen molar-refractivity contribution >= 4 is 55.7 Å². The molecule has 1 nitrogen and oxygen atoms in total. The van der Waals surface area contributed by atoms with E-state index in [2.05, 4.69) is 109 Å². The van der Waals surface area contributed by atoms with E-state index in [-0.39, 0.29) is 0 Å². The van der Waals surface area contributed by atoms with Crippen LogP contribution >= 0.6 is 7.14 Å².